The number of amidine groups is 1. The van der Waals surface area contributed by atoms with Crippen molar-refractivity contribution in [1.29, 1.82) is 0 Å². The van der Waals surface area contributed by atoms with Crippen LogP contribution in [0.5, 0.6) is 17.4 Å². The van der Waals surface area contributed by atoms with Gasteiger partial charge in [0.05, 0.1) is 18.7 Å². The smallest absolute Gasteiger partial charge is 0.230 e. The fraction of sp³-hybridized carbons (Fsp3) is 0.400. The summed E-state index contributed by atoms with van der Waals surface area (Å²) in [5.41, 5.74) is 3.92. The monoisotopic (exact) mass is 355 g/mol. The van der Waals surface area contributed by atoms with E-state index in [1.807, 2.05) is 31.2 Å². The first kappa shape index (κ1) is 18.2. The molecule has 1 saturated carbocycles. The molecule has 0 unspecified atom stereocenters. The third kappa shape index (κ3) is 4.32. The first-order valence-corrected chi connectivity index (χ1v) is 8.97. The molecule has 1 aromatic carbocycles. The molecule has 6 heteroatoms. The van der Waals surface area contributed by atoms with Gasteiger partial charge in [0.1, 0.15) is 0 Å². The number of aromatic nitrogens is 1. The highest BCUT2D eigenvalue weighted by molar-refractivity contribution is 6.00. The summed E-state index contributed by atoms with van der Waals surface area (Å²) >= 11 is 0. The summed E-state index contributed by atoms with van der Waals surface area (Å²) in [6, 6.07) is 9.52. The molecule has 0 atom stereocenters. The van der Waals surface area contributed by atoms with Crippen LogP contribution in [0, 0.1) is 6.92 Å². The number of benzene rings is 1. The van der Waals surface area contributed by atoms with E-state index in [4.69, 9.17) is 9.47 Å². The molecule has 1 fully saturated rings. The number of rotatable bonds is 5. The van der Waals surface area contributed by atoms with Gasteiger partial charge in [-0.1, -0.05) is 25.3 Å². The number of methoxy groups -OCH3 is 1. The molecule has 3 rings (SSSR count). The second kappa shape index (κ2) is 8.67. The number of pyridine rings is 1. The fourth-order valence-electron chi connectivity index (χ4n) is 3.17. The van der Waals surface area contributed by atoms with Crippen molar-refractivity contribution in [3.63, 3.8) is 0 Å². The number of hydroxylamine groups is 1. The molecule has 0 saturated heterocycles. The molecule has 0 spiro atoms. The van der Waals surface area contributed by atoms with Gasteiger partial charge in [0.15, 0.2) is 17.3 Å². The van der Waals surface area contributed by atoms with Crippen LogP contribution in [0.1, 0.15) is 43.2 Å². The lowest BCUT2D eigenvalue weighted by Crippen LogP contribution is -2.25. The van der Waals surface area contributed by atoms with Crippen LogP contribution in [0.15, 0.2) is 41.5 Å². The number of aryl methyl sites for hydroxylation is 1. The lowest BCUT2D eigenvalue weighted by Gasteiger charge is -2.19. The molecule has 0 radical (unpaired) electrons. The van der Waals surface area contributed by atoms with Crippen molar-refractivity contribution in [3.05, 3.63) is 47.7 Å². The Bertz CT molecular complexity index is 771. The maximum Gasteiger partial charge on any atom is 0.230 e. The lowest BCUT2D eigenvalue weighted by atomic mass is 9.96. The lowest BCUT2D eigenvalue weighted by molar-refractivity contribution is 0.233. The Morgan fingerprint density at radius 3 is 2.73 bits per heavy atom. The van der Waals surface area contributed by atoms with Gasteiger partial charge in [-0.3, -0.25) is 15.7 Å². The van der Waals surface area contributed by atoms with Gasteiger partial charge in [-0.2, -0.15) is 0 Å². The molecule has 1 aromatic heterocycles. The van der Waals surface area contributed by atoms with E-state index in [2.05, 4.69) is 15.5 Å². The number of nitrogens with zero attached hydrogens (tertiary/aromatic N) is 2. The van der Waals surface area contributed by atoms with Crippen molar-refractivity contribution in [2.45, 2.75) is 45.1 Å². The average molecular weight is 355 g/mol. The second-order valence-electron chi connectivity index (χ2n) is 6.49. The van der Waals surface area contributed by atoms with Crippen molar-refractivity contribution >= 4 is 5.84 Å². The van der Waals surface area contributed by atoms with E-state index in [9.17, 15) is 5.21 Å². The summed E-state index contributed by atoms with van der Waals surface area (Å²) in [7, 11) is 1.60. The van der Waals surface area contributed by atoms with Crippen LogP contribution in [0.25, 0.3) is 0 Å². The standard InChI is InChI=1S/C20H25N3O3/c1-14-10-11-17(18(13-14)25-2)26-20-16(9-6-12-21-20)19(23-24)22-15-7-4-3-5-8-15/h6,9-13,15,24H,3-5,7-8H2,1-2H3,(H,22,23). The zero-order valence-electron chi connectivity index (χ0n) is 15.2. The first-order valence-electron chi connectivity index (χ1n) is 8.97. The van der Waals surface area contributed by atoms with E-state index in [-0.39, 0.29) is 6.04 Å². The molecule has 2 aromatic rings. The molecule has 1 aliphatic carbocycles. The Kier molecular flexibility index (Phi) is 6.07. The van der Waals surface area contributed by atoms with Gasteiger partial charge >= 0.3 is 0 Å². The third-order valence-electron chi connectivity index (χ3n) is 4.54. The van der Waals surface area contributed by atoms with E-state index in [0.29, 0.717) is 28.8 Å². The zero-order chi connectivity index (χ0) is 18.4. The van der Waals surface area contributed by atoms with Crippen molar-refractivity contribution in [2.24, 2.45) is 4.99 Å². The molecule has 0 bridgehead atoms. The Morgan fingerprint density at radius 2 is 2.00 bits per heavy atom. The summed E-state index contributed by atoms with van der Waals surface area (Å²) in [4.78, 5) is 9.01. The van der Waals surface area contributed by atoms with Gasteiger partial charge < -0.3 is 9.47 Å². The predicted molar refractivity (Wildman–Crippen MR) is 100 cm³/mol. The molecular formula is C20H25N3O3. The van der Waals surface area contributed by atoms with Gasteiger partial charge in [0.25, 0.3) is 0 Å². The molecular weight excluding hydrogens is 330 g/mol. The molecule has 0 aliphatic heterocycles. The number of hydrogen-bond donors (Lipinski definition) is 2. The molecule has 138 valence electrons. The molecule has 2 N–H and O–H groups in total. The van der Waals surface area contributed by atoms with Crippen LogP contribution < -0.4 is 15.0 Å². The van der Waals surface area contributed by atoms with Crippen LogP contribution in [0.4, 0.5) is 0 Å². The summed E-state index contributed by atoms with van der Waals surface area (Å²) in [6.07, 6.45) is 7.31. The normalized spacial score (nSPS) is 15.6. The summed E-state index contributed by atoms with van der Waals surface area (Å²) < 4.78 is 11.4. The summed E-state index contributed by atoms with van der Waals surface area (Å²) in [5.74, 6) is 1.94. The maximum atomic E-state index is 9.65. The topological polar surface area (TPSA) is 76.0 Å². The van der Waals surface area contributed by atoms with Gasteiger partial charge in [-0.05, 0) is 49.6 Å². The van der Waals surface area contributed by atoms with E-state index in [1.165, 1.54) is 19.3 Å². The van der Waals surface area contributed by atoms with Crippen molar-refractivity contribution in [1.82, 2.24) is 10.5 Å². The van der Waals surface area contributed by atoms with Crippen molar-refractivity contribution < 1.29 is 14.7 Å². The first-order chi connectivity index (χ1) is 12.7. The molecule has 1 heterocycles. The third-order valence-corrected chi connectivity index (χ3v) is 4.54. The maximum absolute atomic E-state index is 9.65. The van der Waals surface area contributed by atoms with Crippen LogP contribution in [0.2, 0.25) is 0 Å². The number of aliphatic imine (C=N–C) groups is 1. The summed E-state index contributed by atoms with van der Waals surface area (Å²) in [6.45, 7) is 1.99. The minimum atomic E-state index is 0.209. The zero-order valence-corrected chi connectivity index (χ0v) is 15.2. The second-order valence-corrected chi connectivity index (χ2v) is 6.49. The van der Waals surface area contributed by atoms with Crippen molar-refractivity contribution in [2.75, 3.05) is 7.11 Å². The Balaban J connectivity index is 1.91. The van der Waals surface area contributed by atoms with E-state index >= 15 is 0 Å². The SMILES string of the molecule is COc1cc(C)ccc1Oc1ncccc1C(=NC1CCCCC1)NO. The highest BCUT2D eigenvalue weighted by Gasteiger charge is 2.18. The molecule has 1 aliphatic rings. The van der Waals surface area contributed by atoms with Crippen LogP contribution in [0.3, 0.4) is 0 Å². The number of nitrogens with one attached hydrogen (secondary N) is 1. The van der Waals surface area contributed by atoms with Crippen molar-refractivity contribution in [3.8, 4) is 17.4 Å². The van der Waals surface area contributed by atoms with Gasteiger partial charge in [0, 0.05) is 6.20 Å². The summed E-state index contributed by atoms with van der Waals surface area (Å²) in [5, 5.41) is 9.65. The van der Waals surface area contributed by atoms with Crippen LogP contribution in [-0.2, 0) is 0 Å². The van der Waals surface area contributed by atoms with Crippen LogP contribution in [-0.4, -0.2) is 29.2 Å². The number of hydrogen-bond acceptors (Lipinski definition) is 5. The molecule has 6 nitrogen and oxygen atoms in total. The number of ether oxygens (including phenoxy) is 2. The van der Waals surface area contributed by atoms with Crippen LogP contribution >= 0.6 is 0 Å². The quantitative estimate of drug-likeness (QED) is 0.476. The van der Waals surface area contributed by atoms with Gasteiger partial charge in [0.2, 0.25) is 5.88 Å². The Morgan fingerprint density at radius 1 is 1.19 bits per heavy atom. The van der Waals surface area contributed by atoms with Gasteiger partial charge in [-0.25, -0.2) is 4.98 Å². The van der Waals surface area contributed by atoms with E-state index in [1.54, 1.807) is 19.4 Å². The van der Waals surface area contributed by atoms with E-state index in [0.717, 1.165) is 18.4 Å². The Labute approximate surface area is 153 Å². The van der Waals surface area contributed by atoms with Gasteiger partial charge in [-0.15, -0.1) is 0 Å². The minimum absolute atomic E-state index is 0.209. The molecule has 26 heavy (non-hydrogen) atoms. The minimum Gasteiger partial charge on any atom is -0.493 e. The highest BCUT2D eigenvalue weighted by atomic mass is 16.5. The largest absolute Gasteiger partial charge is 0.493 e. The van der Waals surface area contributed by atoms with E-state index < -0.39 is 0 Å². The Hall–Kier alpha value is -2.60. The average Bonchev–Trinajstić information content (AvgIpc) is 2.69. The fourth-order valence-corrected chi connectivity index (χ4v) is 3.17. The highest BCUT2D eigenvalue weighted by Crippen LogP contribution is 2.33. The molecule has 0 amide bonds. The predicted octanol–water partition coefficient (Wildman–Crippen LogP) is 4.25.